The van der Waals surface area contributed by atoms with Gasteiger partial charge in [0.2, 0.25) is 0 Å². The highest BCUT2D eigenvalue weighted by Crippen LogP contribution is 2.37. The zero-order chi connectivity index (χ0) is 19.0. The molecule has 2 heterocycles. The SMILES string of the molecule is COC(=O)C1=C(C(=O)OC)N(c2ccc3c(c2)sc2ccccc23)COC1. The molecule has 0 N–H and O–H groups in total. The van der Waals surface area contributed by atoms with E-state index in [4.69, 9.17) is 14.2 Å². The summed E-state index contributed by atoms with van der Waals surface area (Å²) < 4.78 is 17.5. The molecule has 1 aromatic heterocycles. The summed E-state index contributed by atoms with van der Waals surface area (Å²) in [5.74, 6) is -1.21. The lowest BCUT2D eigenvalue weighted by atomic mass is 10.1. The molecule has 7 heteroatoms. The van der Waals surface area contributed by atoms with Crippen molar-refractivity contribution in [1.82, 2.24) is 0 Å². The van der Waals surface area contributed by atoms with E-state index in [0.717, 1.165) is 15.8 Å². The number of hydrogen-bond acceptors (Lipinski definition) is 7. The lowest BCUT2D eigenvalue weighted by Gasteiger charge is -2.31. The minimum absolute atomic E-state index is 0.00125. The van der Waals surface area contributed by atoms with Crippen LogP contribution in [0.4, 0.5) is 5.69 Å². The molecule has 0 spiro atoms. The number of carbonyl (C=O) groups is 2. The third kappa shape index (κ3) is 2.94. The number of nitrogens with zero attached hydrogens (tertiary/aromatic N) is 1. The Morgan fingerprint density at radius 1 is 1.00 bits per heavy atom. The maximum Gasteiger partial charge on any atom is 0.355 e. The highest BCUT2D eigenvalue weighted by molar-refractivity contribution is 7.25. The van der Waals surface area contributed by atoms with E-state index in [1.165, 1.54) is 24.3 Å². The lowest BCUT2D eigenvalue weighted by molar-refractivity contribution is -0.140. The van der Waals surface area contributed by atoms with Crippen LogP contribution in [0.15, 0.2) is 53.7 Å². The van der Waals surface area contributed by atoms with E-state index in [1.54, 1.807) is 16.2 Å². The monoisotopic (exact) mass is 383 g/mol. The molecular weight excluding hydrogens is 366 g/mol. The summed E-state index contributed by atoms with van der Waals surface area (Å²) in [6, 6.07) is 14.1. The Morgan fingerprint density at radius 2 is 1.74 bits per heavy atom. The van der Waals surface area contributed by atoms with Gasteiger partial charge in [0.05, 0.1) is 26.4 Å². The Labute approximate surface area is 159 Å². The van der Waals surface area contributed by atoms with Crippen LogP contribution in [0.3, 0.4) is 0 Å². The van der Waals surface area contributed by atoms with Crippen LogP contribution in [-0.4, -0.2) is 39.5 Å². The van der Waals surface area contributed by atoms with E-state index >= 15 is 0 Å². The molecule has 0 atom stereocenters. The number of rotatable bonds is 3. The van der Waals surface area contributed by atoms with Crippen LogP contribution in [0.5, 0.6) is 0 Å². The van der Waals surface area contributed by atoms with Crippen molar-refractivity contribution in [2.45, 2.75) is 0 Å². The van der Waals surface area contributed by atoms with Gasteiger partial charge in [-0.1, -0.05) is 24.3 Å². The second-order valence-corrected chi connectivity index (χ2v) is 7.08. The van der Waals surface area contributed by atoms with Gasteiger partial charge in [0.15, 0.2) is 0 Å². The largest absolute Gasteiger partial charge is 0.466 e. The number of hydrogen-bond donors (Lipinski definition) is 0. The molecule has 1 aliphatic rings. The number of esters is 2. The second-order valence-electron chi connectivity index (χ2n) is 5.99. The number of methoxy groups -OCH3 is 2. The van der Waals surface area contributed by atoms with Gasteiger partial charge >= 0.3 is 11.9 Å². The Morgan fingerprint density at radius 3 is 2.52 bits per heavy atom. The van der Waals surface area contributed by atoms with Crippen molar-refractivity contribution in [2.24, 2.45) is 0 Å². The minimum atomic E-state index is -0.608. The molecule has 0 bridgehead atoms. The van der Waals surface area contributed by atoms with E-state index in [2.05, 4.69) is 12.1 Å². The topological polar surface area (TPSA) is 65.1 Å². The standard InChI is InChI=1S/C20H17NO5S/c1-24-19(22)15-10-26-11-21(18(15)20(23)25-2)12-7-8-14-13-5-3-4-6-16(13)27-17(14)9-12/h3-9H,10-11H2,1-2H3. The molecule has 0 unspecified atom stereocenters. The molecule has 1 aliphatic heterocycles. The number of fused-ring (bicyclic) bond motifs is 3. The summed E-state index contributed by atoms with van der Waals surface area (Å²) in [6.45, 7) is 0.139. The highest BCUT2D eigenvalue weighted by Gasteiger charge is 2.32. The molecule has 0 saturated carbocycles. The Bertz CT molecular complexity index is 1080. The van der Waals surface area contributed by atoms with E-state index in [0.29, 0.717) is 0 Å². The van der Waals surface area contributed by atoms with Crippen LogP contribution in [-0.2, 0) is 23.8 Å². The van der Waals surface area contributed by atoms with Gasteiger partial charge in [-0.15, -0.1) is 11.3 Å². The van der Waals surface area contributed by atoms with E-state index in [-0.39, 0.29) is 24.6 Å². The van der Waals surface area contributed by atoms with Crippen molar-refractivity contribution in [3.63, 3.8) is 0 Å². The van der Waals surface area contributed by atoms with Crippen molar-refractivity contribution in [1.29, 1.82) is 0 Å². The predicted molar refractivity (Wildman–Crippen MR) is 104 cm³/mol. The first-order valence-corrected chi connectivity index (χ1v) is 9.12. The number of anilines is 1. The van der Waals surface area contributed by atoms with Crippen LogP contribution in [0.2, 0.25) is 0 Å². The third-order valence-electron chi connectivity index (χ3n) is 4.51. The van der Waals surface area contributed by atoms with Crippen LogP contribution in [0, 0.1) is 0 Å². The molecule has 27 heavy (non-hydrogen) atoms. The van der Waals surface area contributed by atoms with Crippen LogP contribution in [0.1, 0.15) is 0 Å². The summed E-state index contributed by atoms with van der Waals surface area (Å²) in [4.78, 5) is 26.2. The van der Waals surface area contributed by atoms with Crippen molar-refractivity contribution in [3.05, 3.63) is 53.7 Å². The molecule has 0 amide bonds. The van der Waals surface area contributed by atoms with Gasteiger partial charge in [0, 0.05) is 25.9 Å². The van der Waals surface area contributed by atoms with E-state index < -0.39 is 11.9 Å². The highest BCUT2D eigenvalue weighted by atomic mass is 32.1. The van der Waals surface area contributed by atoms with Gasteiger partial charge in [0.1, 0.15) is 12.4 Å². The molecule has 2 aromatic carbocycles. The quantitative estimate of drug-likeness (QED) is 0.646. The predicted octanol–water partition coefficient (Wildman–Crippen LogP) is 3.45. The average molecular weight is 383 g/mol. The van der Waals surface area contributed by atoms with E-state index in [1.807, 2.05) is 30.3 Å². The molecular formula is C20H17NO5S. The summed E-state index contributed by atoms with van der Waals surface area (Å²) in [6.07, 6.45) is 0. The first-order valence-electron chi connectivity index (χ1n) is 8.30. The fraction of sp³-hybridized carbons (Fsp3) is 0.200. The van der Waals surface area contributed by atoms with Crippen LogP contribution >= 0.6 is 11.3 Å². The van der Waals surface area contributed by atoms with Crippen molar-refractivity contribution in [2.75, 3.05) is 32.5 Å². The Kier molecular flexibility index (Phi) is 4.55. The summed E-state index contributed by atoms with van der Waals surface area (Å²) in [5.41, 5.74) is 1.04. The van der Waals surface area contributed by atoms with Crippen LogP contribution in [0.25, 0.3) is 20.2 Å². The van der Waals surface area contributed by atoms with Gasteiger partial charge in [-0.25, -0.2) is 9.59 Å². The van der Waals surface area contributed by atoms with Crippen molar-refractivity contribution < 1.29 is 23.8 Å². The zero-order valence-electron chi connectivity index (χ0n) is 14.9. The second kappa shape index (κ2) is 7.02. The van der Waals surface area contributed by atoms with Gasteiger partial charge in [-0.3, -0.25) is 0 Å². The normalized spacial score (nSPS) is 14.7. The average Bonchev–Trinajstić information content (AvgIpc) is 3.09. The van der Waals surface area contributed by atoms with Gasteiger partial charge in [0.25, 0.3) is 0 Å². The smallest absolute Gasteiger partial charge is 0.355 e. The summed E-state index contributed by atoms with van der Waals surface area (Å²) in [7, 11) is 2.56. The number of carbonyl (C=O) groups excluding carboxylic acids is 2. The van der Waals surface area contributed by atoms with Gasteiger partial charge in [-0.2, -0.15) is 0 Å². The fourth-order valence-corrected chi connectivity index (χ4v) is 4.37. The van der Waals surface area contributed by atoms with Gasteiger partial charge in [-0.05, 0) is 18.2 Å². The number of thiophene rings is 1. The van der Waals surface area contributed by atoms with Crippen molar-refractivity contribution in [3.8, 4) is 0 Å². The maximum absolute atomic E-state index is 12.4. The zero-order valence-corrected chi connectivity index (χ0v) is 15.7. The molecule has 0 radical (unpaired) electrons. The number of ether oxygens (including phenoxy) is 3. The van der Waals surface area contributed by atoms with Gasteiger partial charge < -0.3 is 19.1 Å². The fourth-order valence-electron chi connectivity index (χ4n) is 3.23. The van der Waals surface area contributed by atoms with Crippen molar-refractivity contribution >= 4 is 49.1 Å². The molecule has 0 aliphatic carbocycles. The molecule has 6 nitrogen and oxygen atoms in total. The molecule has 0 saturated heterocycles. The minimum Gasteiger partial charge on any atom is -0.466 e. The van der Waals surface area contributed by atoms with E-state index in [9.17, 15) is 9.59 Å². The molecule has 138 valence electrons. The third-order valence-corrected chi connectivity index (χ3v) is 5.64. The Hall–Kier alpha value is -2.90. The lowest BCUT2D eigenvalue weighted by Crippen LogP contribution is -2.38. The summed E-state index contributed by atoms with van der Waals surface area (Å²) in [5, 5.41) is 2.34. The first kappa shape index (κ1) is 17.5. The number of benzene rings is 2. The Balaban J connectivity index is 1.86. The first-order chi connectivity index (χ1) is 13.1. The molecule has 3 aromatic rings. The molecule has 0 fully saturated rings. The molecule has 4 rings (SSSR count). The maximum atomic E-state index is 12.4. The summed E-state index contributed by atoms with van der Waals surface area (Å²) >= 11 is 1.68. The van der Waals surface area contributed by atoms with Crippen LogP contribution < -0.4 is 4.90 Å².